The molecule has 0 aromatic heterocycles. The van der Waals surface area contributed by atoms with Crippen molar-refractivity contribution in [2.75, 3.05) is 33.9 Å². The summed E-state index contributed by atoms with van der Waals surface area (Å²) in [4.78, 5) is 28.8. The molecule has 0 aliphatic carbocycles. The highest BCUT2D eigenvalue weighted by atomic mass is 16.5. The average Bonchev–Trinajstić information content (AvgIpc) is 2.71. The van der Waals surface area contributed by atoms with Crippen LogP contribution in [0.25, 0.3) is 0 Å². The Morgan fingerprint density at radius 3 is 2.52 bits per heavy atom. The van der Waals surface area contributed by atoms with Crippen molar-refractivity contribution in [3.05, 3.63) is 65.7 Å². The van der Waals surface area contributed by atoms with Gasteiger partial charge in [-0.05, 0) is 23.3 Å². The van der Waals surface area contributed by atoms with Gasteiger partial charge in [0.05, 0.1) is 13.7 Å². The van der Waals surface area contributed by atoms with Crippen molar-refractivity contribution in [1.82, 2.24) is 9.80 Å². The Balaban J connectivity index is 1.63. The zero-order valence-electron chi connectivity index (χ0n) is 15.6. The lowest BCUT2D eigenvalue weighted by Gasteiger charge is -2.35. The van der Waals surface area contributed by atoms with Crippen molar-refractivity contribution in [3.63, 3.8) is 0 Å². The molecule has 0 N–H and O–H groups in total. The van der Waals surface area contributed by atoms with Crippen LogP contribution < -0.4 is 4.74 Å². The van der Waals surface area contributed by atoms with E-state index in [1.807, 2.05) is 54.6 Å². The third-order valence-electron chi connectivity index (χ3n) is 4.70. The highest BCUT2D eigenvalue weighted by Crippen LogP contribution is 2.21. The van der Waals surface area contributed by atoms with Crippen molar-refractivity contribution in [2.24, 2.45) is 0 Å². The Morgan fingerprint density at radius 2 is 1.85 bits per heavy atom. The second kappa shape index (κ2) is 8.68. The number of carbonyl (C=O) groups excluding carboxylic acids is 2. The quantitative estimate of drug-likeness (QED) is 0.785. The number of ether oxygens (including phenoxy) is 2. The second-order valence-corrected chi connectivity index (χ2v) is 6.45. The first-order valence-electron chi connectivity index (χ1n) is 8.89. The van der Waals surface area contributed by atoms with Crippen molar-refractivity contribution >= 4 is 11.8 Å². The molecule has 2 aromatic carbocycles. The smallest absolute Gasteiger partial charge is 0.256 e. The van der Waals surface area contributed by atoms with Gasteiger partial charge in [-0.3, -0.25) is 9.59 Å². The average molecular weight is 368 g/mol. The number of nitrogens with zero attached hydrogens (tertiary/aromatic N) is 2. The topological polar surface area (TPSA) is 59.1 Å². The fourth-order valence-electron chi connectivity index (χ4n) is 3.23. The number of methoxy groups -OCH3 is 2. The molecule has 142 valence electrons. The number of piperazine rings is 1. The number of amides is 2. The minimum absolute atomic E-state index is 0.0650. The Hall–Kier alpha value is -2.86. The van der Waals surface area contributed by atoms with Crippen LogP contribution in [0.4, 0.5) is 0 Å². The van der Waals surface area contributed by atoms with Gasteiger partial charge in [-0.25, -0.2) is 0 Å². The predicted octanol–water partition coefficient (Wildman–Crippen LogP) is 2.25. The van der Waals surface area contributed by atoms with Gasteiger partial charge in [0.1, 0.15) is 5.75 Å². The number of hydrogen-bond donors (Lipinski definition) is 0. The molecule has 6 heteroatoms. The van der Waals surface area contributed by atoms with Crippen LogP contribution in [0.1, 0.15) is 17.2 Å². The molecule has 1 aliphatic rings. The Bertz CT molecular complexity index is 794. The molecule has 2 aromatic rings. The van der Waals surface area contributed by atoms with Gasteiger partial charge >= 0.3 is 0 Å². The minimum Gasteiger partial charge on any atom is -0.497 e. The molecule has 1 fully saturated rings. The van der Waals surface area contributed by atoms with Gasteiger partial charge in [-0.15, -0.1) is 0 Å². The van der Waals surface area contributed by atoms with Crippen molar-refractivity contribution < 1.29 is 19.1 Å². The van der Waals surface area contributed by atoms with Gasteiger partial charge in [0.25, 0.3) is 5.91 Å². The molecule has 2 amide bonds. The van der Waals surface area contributed by atoms with Gasteiger partial charge in [-0.1, -0.05) is 42.5 Å². The predicted molar refractivity (Wildman–Crippen MR) is 101 cm³/mol. The summed E-state index contributed by atoms with van der Waals surface area (Å²) in [7, 11) is 3.13. The van der Waals surface area contributed by atoms with E-state index >= 15 is 0 Å². The van der Waals surface area contributed by atoms with E-state index < -0.39 is 6.10 Å². The fraction of sp³-hybridized carbons (Fsp3) is 0.333. The van der Waals surface area contributed by atoms with E-state index in [0.29, 0.717) is 19.6 Å². The van der Waals surface area contributed by atoms with Gasteiger partial charge < -0.3 is 19.3 Å². The van der Waals surface area contributed by atoms with Crippen molar-refractivity contribution in [2.45, 2.75) is 12.6 Å². The molecular formula is C21H24N2O4. The highest BCUT2D eigenvalue weighted by Gasteiger charge is 2.32. The van der Waals surface area contributed by atoms with E-state index in [-0.39, 0.29) is 18.4 Å². The summed E-state index contributed by atoms with van der Waals surface area (Å²) in [6.45, 7) is 1.55. The monoisotopic (exact) mass is 368 g/mol. The molecule has 0 spiro atoms. The fourth-order valence-corrected chi connectivity index (χ4v) is 3.23. The molecule has 0 radical (unpaired) electrons. The lowest BCUT2D eigenvalue weighted by Crippen LogP contribution is -2.53. The van der Waals surface area contributed by atoms with E-state index in [0.717, 1.165) is 16.9 Å². The first kappa shape index (κ1) is 18.9. The molecule has 1 saturated heterocycles. The van der Waals surface area contributed by atoms with E-state index in [1.165, 1.54) is 7.11 Å². The zero-order valence-corrected chi connectivity index (χ0v) is 15.6. The van der Waals surface area contributed by atoms with Gasteiger partial charge in [0.15, 0.2) is 6.10 Å². The summed E-state index contributed by atoms with van der Waals surface area (Å²) in [6.07, 6.45) is -0.691. The third-order valence-corrected chi connectivity index (χ3v) is 4.70. The van der Waals surface area contributed by atoms with E-state index in [2.05, 4.69) is 0 Å². The molecule has 27 heavy (non-hydrogen) atoms. The van der Waals surface area contributed by atoms with Gasteiger partial charge in [-0.2, -0.15) is 0 Å². The van der Waals surface area contributed by atoms with Crippen LogP contribution in [0.3, 0.4) is 0 Å². The second-order valence-electron chi connectivity index (χ2n) is 6.45. The summed E-state index contributed by atoms with van der Waals surface area (Å²) in [5.41, 5.74) is 1.79. The maximum Gasteiger partial charge on any atom is 0.256 e. The van der Waals surface area contributed by atoms with Crippen LogP contribution in [-0.2, 0) is 20.9 Å². The number of carbonyl (C=O) groups is 2. The number of hydrogen-bond acceptors (Lipinski definition) is 4. The maximum absolute atomic E-state index is 12.8. The molecule has 0 bridgehead atoms. The maximum atomic E-state index is 12.8. The van der Waals surface area contributed by atoms with Crippen LogP contribution in [0.15, 0.2) is 54.6 Å². The first-order valence-corrected chi connectivity index (χ1v) is 8.89. The first-order chi connectivity index (χ1) is 13.1. The molecule has 3 rings (SSSR count). The number of rotatable bonds is 6. The van der Waals surface area contributed by atoms with Crippen LogP contribution in [0, 0.1) is 0 Å². The minimum atomic E-state index is -0.691. The summed E-state index contributed by atoms with van der Waals surface area (Å²) < 4.78 is 10.6. The Labute approximate surface area is 159 Å². The van der Waals surface area contributed by atoms with Crippen molar-refractivity contribution in [3.8, 4) is 5.75 Å². The third kappa shape index (κ3) is 4.46. The van der Waals surface area contributed by atoms with Crippen LogP contribution >= 0.6 is 0 Å². The SMILES string of the molecule is COc1cccc(CN2CCN(C(=O)C(OC)c3ccccc3)CC2=O)c1. The molecular weight excluding hydrogens is 344 g/mol. The van der Waals surface area contributed by atoms with Crippen LogP contribution in [-0.4, -0.2) is 55.5 Å². The largest absolute Gasteiger partial charge is 0.497 e. The van der Waals surface area contributed by atoms with Gasteiger partial charge in [0.2, 0.25) is 5.91 Å². The summed E-state index contributed by atoms with van der Waals surface area (Å²) in [5, 5.41) is 0. The zero-order chi connectivity index (χ0) is 19.2. The highest BCUT2D eigenvalue weighted by molar-refractivity contribution is 5.88. The summed E-state index contributed by atoms with van der Waals surface area (Å²) >= 11 is 0. The molecule has 0 saturated carbocycles. The van der Waals surface area contributed by atoms with Crippen LogP contribution in [0.2, 0.25) is 0 Å². The van der Waals surface area contributed by atoms with Gasteiger partial charge in [0, 0.05) is 26.7 Å². The number of benzene rings is 2. The lowest BCUT2D eigenvalue weighted by molar-refractivity contribution is -0.152. The Kier molecular flexibility index (Phi) is 6.08. The molecule has 6 nitrogen and oxygen atoms in total. The molecule has 1 atom stereocenters. The summed E-state index contributed by atoms with van der Waals surface area (Å²) in [5.74, 6) is 0.512. The summed E-state index contributed by atoms with van der Waals surface area (Å²) in [6, 6.07) is 17.0. The van der Waals surface area contributed by atoms with E-state index in [1.54, 1.807) is 16.9 Å². The molecule has 1 unspecified atom stereocenters. The van der Waals surface area contributed by atoms with E-state index in [9.17, 15) is 9.59 Å². The van der Waals surface area contributed by atoms with E-state index in [4.69, 9.17) is 9.47 Å². The Morgan fingerprint density at radius 1 is 1.07 bits per heavy atom. The van der Waals surface area contributed by atoms with Crippen LogP contribution in [0.5, 0.6) is 5.75 Å². The van der Waals surface area contributed by atoms with Crippen molar-refractivity contribution in [1.29, 1.82) is 0 Å². The molecule has 1 heterocycles. The standard InChI is InChI=1S/C21H24N2O4/c1-26-18-10-6-7-16(13-18)14-22-11-12-23(15-19(22)24)21(25)20(27-2)17-8-4-3-5-9-17/h3-10,13,20H,11-12,14-15H2,1-2H3. The normalized spacial score (nSPS) is 15.6. The lowest BCUT2D eigenvalue weighted by atomic mass is 10.1. The molecule has 1 aliphatic heterocycles.